The Morgan fingerprint density at radius 3 is 1.47 bits per heavy atom. The SMILES string of the molecule is Cc1cc(C(=O)CC(=O)c2cc(C)oc2C)c(C)o1. The first-order valence-electron chi connectivity index (χ1n) is 6.09. The molecule has 2 aromatic heterocycles. The molecule has 100 valence electrons. The molecule has 0 bridgehead atoms. The van der Waals surface area contributed by atoms with Crippen molar-refractivity contribution in [2.45, 2.75) is 34.1 Å². The second-order valence-electron chi connectivity index (χ2n) is 4.68. The largest absolute Gasteiger partial charge is 0.466 e. The molecule has 0 fully saturated rings. The lowest BCUT2D eigenvalue weighted by Gasteiger charge is -1.98. The van der Waals surface area contributed by atoms with Crippen LogP contribution in [0.1, 0.15) is 50.2 Å². The van der Waals surface area contributed by atoms with Crippen molar-refractivity contribution in [3.63, 3.8) is 0 Å². The van der Waals surface area contributed by atoms with Crippen molar-refractivity contribution in [3.8, 4) is 0 Å². The fourth-order valence-electron chi connectivity index (χ4n) is 2.15. The lowest BCUT2D eigenvalue weighted by molar-refractivity contribution is 0.0893. The quantitative estimate of drug-likeness (QED) is 0.623. The van der Waals surface area contributed by atoms with Gasteiger partial charge in [0.2, 0.25) is 0 Å². The normalized spacial score (nSPS) is 10.7. The molecule has 0 saturated carbocycles. The molecule has 0 atom stereocenters. The van der Waals surface area contributed by atoms with Crippen molar-refractivity contribution in [1.82, 2.24) is 0 Å². The smallest absolute Gasteiger partial charge is 0.174 e. The highest BCUT2D eigenvalue weighted by Gasteiger charge is 2.20. The Labute approximate surface area is 111 Å². The maximum Gasteiger partial charge on any atom is 0.174 e. The van der Waals surface area contributed by atoms with Gasteiger partial charge < -0.3 is 8.83 Å². The maximum atomic E-state index is 12.1. The summed E-state index contributed by atoms with van der Waals surface area (Å²) in [4.78, 5) is 24.1. The van der Waals surface area contributed by atoms with Crippen LogP contribution < -0.4 is 0 Å². The molecule has 0 aliphatic rings. The molecule has 0 radical (unpaired) electrons. The summed E-state index contributed by atoms with van der Waals surface area (Å²) >= 11 is 0. The summed E-state index contributed by atoms with van der Waals surface area (Å²) < 4.78 is 10.6. The van der Waals surface area contributed by atoms with Gasteiger partial charge in [-0.15, -0.1) is 0 Å². The van der Waals surface area contributed by atoms with E-state index in [1.54, 1.807) is 39.8 Å². The number of Topliss-reactive ketones (excluding diaryl/α,β-unsaturated/α-hetero) is 2. The summed E-state index contributed by atoms with van der Waals surface area (Å²) in [6.07, 6.45) is -0.167. The van der Waals surface area contributed by atoms with E-state index in [-0.39, 0.29) is 18.0 Å². The third-order valence-corrected chi connectivity index (χ3v) is 3.00. The van der Waals surface area contributed by atoms with Crippen molar-refractivity contribution in [1.29, 1.82) is 0 Å². The Morgan fingerprint density at radius 1 is 0.842 bits per heavy atom. The Kier molecular flexibility index (Phi) is 3.42. The second kappa shape index (κ2) is 4.88. The molecule has 4 heteroatoms. The third-order valence-electron chi connectivity index (χ3n) is 3.00. The topological polar surface area (TPSA) is 60.4 Å². The summed E-state index contributed by atoms with van der Waals surface area (Å²) in [7, 11) is 0. The molecule has 0 aromatic carbocycles. The van der Waals surface area contributed by atoms with Crippen LogP contribution in [0.4, 0.5) is 0 Å². The van der Waals surface area contributed by atoms with Crippen molar-refractivity contribution < 1.29 is 18.4 Å². The zero-order valence-corrected chi connectivity index (χ0v) is 11.5. The number of aryl methyl sites for hydroxylation is 4. The summed E-state index contributed by atoms with van der Waals surface area (Å²) in [5, 5.41) is 0. The van der Waals surface area contributed by atoms with Crippen molar-refractivity contribution in [2.24, 2.45) is 0 Å². The van der Waals surface area contributed by atoms with Gasteiger partial charge in [0.1, 0.15) is 23.0 Å². The zero-order valence-electron chi connectivity index (χ0n) is 11.5. The van der Waals surface area contributed by atoms with Gasteiger partial charge in [-0.25, -0.2) is 0 Å². The Hall–Kier alpha value is -2.10. The van der Waals surface area contributed by atoms with Crippen molar-refractivity contribution in [3.05, 3.63) is 46.3 Å². The third kappa shape index (κ3) is 2.67. The Morgan fingerprint density at radius 2 is 1.21 bits per heavy atom. The van der Waals surface area contributed by atoms with Gasteiger partial charge in [-0.2, -0.15) is 0 Å². The first-order chi connectivity index (χ1) is 8.88. The van der Waals surface area contributed by atoms with E-state index in [1.165, 1.54) is 0 Å². The van der Waals surface area contributed by atoms with Gasteiger partial charge in [0.25, 0.3) is 0 Å². The number of furan rings is 2. The van der Waals surface area contributed by atoms with E-state index in [2.05, 4.69) is 0 Å². The summed E-state index contributed by atoms with van der Waals surface area (Å²) in [6.45, 7) is 6.99. The number of hydrogen-bond donors (Lipinski definition) is 0. The molecule has 0 aliphatic carbocycles. The standard InChI is InChI=1S/C15H16O4/c1-8-5-12(10(3)18-8)14(16)7-15(17)13-6-9(2)19-11(13)4/h5-6H,7H2,1-4H3. The highest BCUT2D eigenvalue weighted by Crippen LogP contribution is 2.19. The predicted octanol–water partition coefficient (Wildman–Crippen LogP) is 3.56. The first-order valence-corrected chi connectivity index (χ1v) is 6.09. The molecular formula is C15H16O4. The van der Waals surface area contributed by atoms with Crippen LogP contribution in [0.3, 0.4) is 0 Å². The van der Waals surface area contributed by atoms with Gasteiger partial charge in [-0.3, -0.25) is 9.59 Å². The van der Waals surface area contributed by atoms with E-state index >= 15 is 0 Å². The monoisotopic (exact) mass is 260 g/mol. The van der Waals surface area contributed by atoms with Crippen LogP contribution in [0.15, 0.2) is 21.0 Å². The van der Waals surface area contributed by atoms with Crippen molar-refractivity contribution in [2.75, 3.05) is 0 Å². The minimum atomic E-state index is -0.224. The Balaban J connectivity index is 2.18. The number of carbonyl (C=O) groups is 2. The Bertz CT molecular complexity index is 587. The van der Waals surface area contributed by atoms with E-state index in [4.69, 9.17) is 8.83 Å². The van der Waals surface area contributed by atoms with Crippen LogP contribution >= 0.6 is 0 Å². The number of rotatable bonds is 4. The zero-order chi connectivity index (χ0) is 14.2. The van der Waals surface area contributed by atoms with Crippen LogP contribution in [0.25, 0.3) is 0 Å². The van der Waals surface area contributed by atoms with E-state index < -0.39 is 0 Å². The van der Waals surface area contributed by atoms with E-state index in [0.717, 1.165) is 0 Å². The van der Waals surface area contributed by atoms with Gasteiger partial charge in [0.15, 0.2) is 11.6 Å². The molecule has 19 heavy (non-hydrogen) atoms. The fourth-order valence-corrected chi connectivity index (χ4v) is 2.15. The van der Waals surface area contributed by atoms with Gasteiger partial charge in [0, 0.05) is 0 Å². The number of hydrogen-bond acceptors (Lipinski definition) is 4. The molecule has 2 heterocycles. The lowest BCUT2D eigenvalue weighted by atomic mass is 10.0. The number of carbonyl (C=O) groups excluding carboxylic acids is 2. The van der Waals surface area contributed by atoms with E-state index in [9.17, 15) is 9.59 Å². The summed E-state index contributed by atoms with van der Waals surface area (Å²) in [6, 6.07) is 3.33. The lowest BCUT2D eigenvalue weighted by Crippen LogP contribution is -2.09. The van der Waals surface area contributed by atoms with E-state index in [1.807, 2.05) is 0 Å². The van der Waals surface area contributed by atoms with Gasteiger partial charge in [0.05, 0.1) is 17.5 Å². The second-order valence-corrected chi connectivity index (χ2v) is 4.68. The van der Waals surface area contributed by atoms with Crippen LogP contribution in [0.5, 0.6) is 0 Å². The molecule has 0 N–H and O–H groups in total. The molecule has 2 rings (SSSR count). The van der Waals surface area contributed by atoms with E-state index in [0.29, 0.717) is 34.2 Å². The molecule has 4 nitrogen and oxygen atoms in total. The van der Waals surface area contributed by atoms with Crippen LogP contribution in [0, 0.1) is 27.7 Å². The minimum absolute atomic E-state index is 0.167. The average Bonchev–Trinajstić information content (AvgIpc) is 2.81. The average molecular weight is 260 g/mol. The van der Waals surface area contributed by atoms with Crippen molar-refractivity contribution >= 4 is 11.6 Å². The molecule has 0 saturated heterocycles. The maximum absolute atomic E-state index is 12.1. The summed E-state index contributed by atoms with van der Waals surface area (Å²) in [5.41, 5.74) is 0.951. The summed E-state index contributed by atoms with van der Waals surface area (Å²) in [5.74, 6) is 1.99. The highest BCUT2D eigenvalue weighted by molar-refractivity contribution is 6.14. The van der Waals surface area contributed by atoms with Gasteiger partial charge in [-0.05, 0) is 39.8 Å². The molecule has 0 amide bonds. The minimum Gasteiger partial charge on any atom is -0.466 e. The highest BCUT2D eigenvalue weighted by atomic mass is 16.3. The van der Waals surface area contributed by atoms with Crippen LogP contribution in [-0.2, 0) is 0 Å². The van der Waals surface area contributed by atoms with Crippen LogP contribution in [0.2, 0.25) is 0 Å². The molecule has 0 spiro atoms. The molecular weight excluding hydrogens is 244 g/mol. The van der Waals surface area contributed by atoms with Gasteiger partial charge in [-0.1, -0.05) is 0 Å². The van der Waals surface area contributed by atoms with Gasteiger partial charge >= 0.3 is 0 Å². The molecule has 2 aromatic rings. The predicted molar refractivity (Wildman–Crippen MR) is 69.6 cm³/mol. The fraction of sp³-hybridized carbons (Fsp3) is 0.333. The van der Waals surface area contributed by atoms with Crippen LogP contribution in [-0.4, -0.2) is 11.6 Å². The number of ketones is 2. The molecule has 0 unspecified atom stereocenters. The molecule has 0 aliphatic heterocycles. The first kappa shape index (κ1) is 13.3.